The van der Waals surface area contributed by atoms with E-state index in [-0.39, 0.29) is 11.2 Å². The average Bonchev–Trinajstić information content (AvgIpc) is 2.82. The molecule has 1 N–H and O–H groups in total. The van der Waals surface area contributed by atoms with E-state index in [0.717, 1.165) is 31.6 Å². The van der Waals surface area contributed by atoms with Crippen molar-refractivity contribution in [1.29, 1.82) is 0 Å². The van der Waals surface area contributed by atoms with Gasteiger partial charge < -0.3 is 10.1 Å². The molecule has 19 heavy (non-hydrogen) atoms. The van der Waals surface area contributed by atoms with Crippen molar-refractivity contribution in [1.82, 2.24) is 9.78 Å². The second-order valence-electron chi connectivity index (χ2n) is 5.16. The molecule has 1 aliphatic rings. The molecule has 5 nitrogen and oxygen atoms in total. The number of ether oxygens (including phenoxy) is 1. The van der Waals surface area contributed by atoms with Crippen LogP contribution in [0.15, 0.2) is 15.5 Å². The molecular formula is C13H20BrN3O2. The van der Waals surface area contributed by atoms with Crippen LogP contribution in [0, 0.1) is 0 Å². The van der Waals surface area contributed by atoms with Crippen molar-refractivity contribution < 1.29 is 4.74 Å². The molecule has 1 atom stereocenters. The van der Waals surface area contributed by atoms with Gasteiger partial charge in [0.15, 0.2) is 0 Å². The zero-order chi connectivity index (χ0) is 13.9. The molecule has 2 rings (SSSR count). The number of aryl methyl sites for hydroxylation is 1. The number of hydrogen-bond donors (Lipinski definition) is 1. The van der Waals surface area contributed by atoms with Crippen molar-refractivity contribution >= 4 is 21.6 Å². The van der Waals surface area contributed by atoms with Crippen LogP contribution in [-0.2, 0) is 11.3 Å². The lowest BCUT2D eigenvalue weighted by atomic mass is 10.0. The van der Waals surface area contributed by atoms with E-state index in [1.807, 2.05) is 6.92 Å². The van der Waals surface area contributed by atoms with Crippen LogP contribution in [-0.4, -0.2) is 28.5 Å². The van der Waals surface area contributed by atoms with Crippen molar-refractivity contribution in [2.24, 2.45) is 0 Å². The molecule has 0 radical (unpaired) electrons. The molecule has 6 heteroatoms. The van der Waals surface area contributed by atoms with E-state index >= 15 is 0 Å². The van der Waals surface area contributed by atoms with E-state index < -0.39 is 0 Å². The summed E-state index contributed by atoms with van der Waals surface area (Å²) in [6.45, 7) is 6.25. The number of anilines is 1. The Kier molecular flexibility index (Phi) is 4.62. The lowest BCUT2D eigenvalue weighted by Gasteiger charge is -2.24. The van der Waals surface area contributed by atoms with Crippen LogP contribution in [0.3, 0.4) is 0 Å². The van der Waals surface area contributed by atoms with Crippen LogP contribution in [0.2, 0.25) is 0 Å². The Labute approximate surface area is 121 Å². The molecule has 0 aliphatic carbocycles. The van der Waals surface area contributed by atoms with E-state index in [0.29, 0.717) is 17.6 Å². The maximum Gasteiger partial charge on any atom is 0.283 e. The van der Waals surface area contributed by atoms with Gasteiger partial charge in [0.1, 0.15) is 4.47 Å². The summed E-state index contributed by atoms with van der Waals surface area (Å²) in [6, 6.07) is 0. The maximum atomic E-state index is 12.0. The molecule has 0 saturated carbocycles. The Hall–Kier alpha value is -0.880. The van der Waals surface area contributed by atoms with Crippen LogP contribution < -0.4 is 10.9 Å². The zero-order valence-electron chi connectivity index (χ0n) is 11.4. The molecule has 1 saturated heterocycles. The predicted octanol–water partition coefficient (Wildman–Crippen LogP) is 2.40. The summed E-state index contributed by atoms with van der Waals surface area (Å²) in [6.07, 6.45) is 4.71. The summed E-state index contributed by atoms with van der Waals surface area (Å²) >= 11 is 3.35. The third-order valence-corrected chi connectivity index (χ3v) is 4.14. The van der Waals surface area contributed by atoms with Gasteiger partial charge in [-0.05, 0) is 42.1 Å². The smallest absolute Gasteiger partial charge is 0.283 e. The van der Waals surface area contributed by atoms with Gasteiger partial charge in [-0.3, -0.25) is 4.79 Å². The Morgan fingerprint density at radius 2 is 2.42 bits per heavy atom. The highest BCUT2D eigenvalue weighted by Gasteiger charge is 2.29. The number of aromatic nitrogens is 2. The van der Waals surface area contributed by atoms with Gasteiger partial charge in [0.25, 0.3) is 5.56 Å². The van der Waals surface area contributed by atoms with Gasteiger partial charge in [-0.25, -0.2) is 4.68 Å². The first-order valence-corrected chi connectivity index (χ1v) is 7.48. The van der Waals surface area contributed by atoms with Crippen LogP contribution >= 0.6 is 15.9 Å². The van der Waals surface area contributed by atoms with Crippen LogP contribution in [0.5, 0.6) is 0 Å². The Balaban J connectivity index is 2.09. The van der Waals surface area contributed by atoms with E-state index in [2.05, 4.69) is 33.3 Å². The van der Waals surface area contributed by atoms with Gasteiger partial charge in [0.2, 0.25) is 0 Å². The maximum absolute atomic E-state index is 12.0. The molecule has 1 aromatic rings. The normalized spacial score (nSPS) is 22.7. The fourth-order valence-electron chi connectivity index (χ4n) is 2.22. The molecule has 106 valence electrons. The molecule has 0 amide bonds. The number of hydrogen-bond acceptors (Lipinski definition) is 4. The Bertz CT molecular complexity index is 495. The highest BCUT2D eigenvalue weighted by molar-refractivity contribution is 9.10. The number of halogens is 1. The van der Waals surface area contributed by atoms with E-state index in [4.69, 9.17) is 4.74 Å². The van der Waals surface area contributed by atoms with Crippen molar-refractivity contribution in [2.45, 2.75) is 45.3 Å². The second kappa shape index (κ2) is 6.05. The number of rotatable bonds is 5. The summed E-state index contributed by atoms with van der Waals surface area (Å²) in [7, 11) is 0. The van der Waals surface area contributed by atoms with E-state index in [1.165, 1.54) is 4.68 Å². The Morgan fingerprint density at radius 3 is 3.05 bits per heavy atom. The van der Waals surface area contributed by atoms with Gasteiger partial charge >= 0.3 is 0 Å². The minimum atomic E-state index is -0.141. The van der Waals surface area contributed by atoms with Crippen molar-refractivity contribution in [3.8, 4) is 0 Å². The molecule has 2 heterocycles. The molecule has 0 spiro atoms. The topological polar surface area (TPSA) is 56.1 Å². The first-order valence-electron chi connectivity index (χ1n) is 6.69. The first-order chi connectivity index (χ1) is 9.06. The molecule has 1 aliphatic heterocycles. The zero-order valence-corrected chi connectivity index (χ0v) is 13.0. The molecule has 1 fully saturated rings. The van der Waals surface area contributed by atoms with Crippen LogP contribution in [0.1, 0.15) is 33.1 Å². The fourth-order valence-corrected chi connectivity index (χ4v) is 2.67. The molecular weight excluding hydrogens is 310 g/mol. The van der Waals surface area contributed by atoms with Crippen molar-refractivity contribution in [3.63, 3.8) is 0 Å². The van der Waals surface area contributed by atoms with Gasteiger partial charge in [-0.1, -0.05) is 6.92 Å². The number of nitrogens with one attached hydrogen (secondary N) is 1. The quantitative estimate of drug-likeness (QED) is 0.901. The lowest BCUT2D eigenvalue weighted by molar-refractivity contribution is 0.0315. The third-order valence-electron chi connectivity index (χ3n) is 3.37. The Morgan fingerprint density at radius 1 is 1.63 bits per heavy atom. The summed E-state index contributed by atoms with van der Waals surface area (Å²) in [5.74, 6) is 0. The summed E-state index contributed by atoms with van der Waals surface area (Å²) in [5.41, 5.74) is 0.496. The SMILES string of the molecule is CCCn1ncc(NCC2(C)CCCO2)c(Br)c1=O. The average molecular weight is 330 g/mol. The molecule has 0 aromatic carbocycles. The van der Waals surface area contributed by atoms with Crippen molar-refractivity contribution in [2.75, 3.05) is 18.5 Å². The number of nitrogens with zero attached hydrogens (tertiary/aromatic N) is 2. The monoisotopic (exact) mass is 329 g/mol. The highest BCUT2D eigenvalue weighted by atomic mass is 79.9. The standard InChI is InChI=1S/C13H20BrN3O2/c1-3-6-17-12(18)11(14)10(8-16-17)15-9-13(2)5-4-7-19-13/h8,15H,3-7,9H2,1-2H3. The van der Waals surface area contributed by atoms with Gasteiger partial charge in [0, 0.05) is 19.7 Å². The van der Waals surface area contributed by atoms with E-state index in [1.54, 1.807) is 6.20 Å². The van der Waals surface area contributed by atoms with Gasteiger partial charge in [-0.15, -0.1) is 0 Å². The fraction of sp³-hybridized carbons (Fsp3) is 0.692. The highest BCUT2D eigenvalue weighted by Crippen LogP contribution is 2.26. The van der Waals surface area contributed by atoms with Crippen LogP contribution in [0.4, 0.5) is 5.69 Å². The third kappa shape index (κ3) is 3.36. The largest absolute Gasteiger partial charge is 0.380 e. The minimum Gasteiger partial charge on any atom is -0.380 e. The van der Waals surface area contributed by atoms with Crippen LogP contribution in [0.25, 0.3) is 0 Å². The first kappa shape index (κ1) is 14.5. The summed E-state index contributed by atoms with van der Waals surface area (Å²) in [5, 5.41) is 7.43. The van der Waals surface area contributed by atoms with Gasteiger partial charge in [0.05, 0.1) is 17.5 Å². The molecule has 0 bridgehead atoms. The molecule has 1 aromatic heterocycles. The molecule has 1 unspecified atom stereocenters. The lowest BCUT2D eigenvalue weighted by Crippen LogP contribution is -2.33. The minimum absolute atomic E-state index is 0.0932. The van der Waals surface area contributed by atoms with Crippen molar-refractivity contribution in [3.05, 3.63) is 21.0 Å². The summed E-state index contributed by atoms with van der Waals surface area (Å²) in [4.78, 5) is 12.0. The summed E-state index contributed by atoms with van der Waals surface area (Å²) < 4.78 is 7.73. The second-order valence-corrected chi connectivity index (χ2v) is 5.95. The predicted molar refractivity (Wildman–Crippen MR) is 78.6 cm³/mol. The van der Waals surface area contributed by atoms with E-state index in [9.17, 15) is 4.79 Å². The van der Waals surface area contributed by atoms with Gasteiger partial charge in [-0.2, -0.15) is 5.10 Å².